The predicted molar refractivity (Wildman–Crippen MR) is 121 cm³/mol. The number of hydrogen-bond acceptors (Lipinski definition) is 3. The molecule has 1 aliphatic carbocycles. The monoisotopic (exact) mass is 474 g/mol. The van der Waals surface area contributed by atoms with Gasteiger partial charge in [0.2, 0.25) is 5.91 Å². The summed E-state index contributed by atoms with van der Waals surface area (Å²) in [6, 6.07) is 12.7. The summed E-state index contributed by atoms with van der Waals surface area (Å²) in [6.07, 6.45) is -2.21. The van der Waals surface area contributed by atoms with E-state index in [1.165, 1.54) is 23.1 Å². The van der Waals surface area contributed by atoms with E-state index < -0.39 is 40.9 Å². The molecule has 2 aliphatic rings. The van der Waals surface area contributed by atoms with Crippen molar-refractivity contribution in [1.29, 1.82) is 0 Å². The minimum Gasteiger partial charge on any atom is -0.353 e. The Morgan fingerprint density at radius 2 is 1.68 bits per heavy atom. The Bertz CT molecular complexity index is 1030. The fraction of sp³-hybridized carbons (Fsp3) is 0.462. The van der Waals surface area contributed by atoms with Crippen LogP contribution in [0, 0.1) is 5.92 Å². The summed E-state index contributed by atoms with van der Waals surface area (Å²) in [5.74, 6) is -0.850. The number of ether oxygens (including phenoxy) is 1. The first-order chi connectivity index (χ1) is 16.1. The van der Waals surface area contributed by atoms with Crippen molar-refractivity contribution in [2.75, 3.05) is 6.61 Å². The second kappa shape index (κ2) is 9.41. The van der Waals surface area contributed by atoms with Crippen LogP contribution in [0.25, 0.3) is 0 Å². The van der Waals surface area contributed by atoms with E-state index in [0.717, 1.165) is 24.5 Å². The molecule has 2 fully saturated rings. The first-order valence-corrected chi connectivity index (χ1v) is 11.6. The summed E-state index contributed by atoms with van der Waals surface area (Å²) < 4.78 is 47.2. The number of benzene rings is 2. The maximum absolute atomic E-state index is 13.7. The topological polar surface area (TPSA) is 58.6 Å². The number of nitrogens with zero attached hydrogens (tertiary/aromatic N) is 1. The van der Waals surface area contributed by atoms with Gasteiger partial charge < -0.3 is 10.1 Å². The van der Waals surface area contributed by atoms with Crippen molar-refractivity contribution < 1.29 is 27.5 Å². The first-order valence-electron chi connectivity index (χ1n) is 11.6. The Labute approximate surface area is 197 Å². The van der Waals surface area contributed by atoms with Crippen LogP contribution < -0.4 is 5.32 Å². The second-order valence-corrected chi connectivity index (χ2v) is 9.31. The highest BCUT2D eigenvalue weighted by molar-refractivity contribution is 5.99. The molecule has 34 heavy (non-hydrogen) atoms. The van der Waals surface area contributed by atoms with Gasteiger partial charge in [-0.05, 0) is 56.2 Å². The molecule has 0 radical (unpaired) electrons. The highest BCUT2D eigenvalue weighted by Crippen LogP contribution is 2.44. The van der Waals surface area contributed by atoms with Crippen molar-refractivity contribution in [1.82, 2.24) is 10.2 Å². The molecule has 4 rings (SSSR count). The molecule has 0 aromatic heterocycles. The first kappa shape index (κ1) is 24.3. The minimum atomic E-state index is -4.69. The van der Waals surface area contributed by atoms with E-state index in [2.05, 4.69) is 12.2 Å². The van der Waals surface area contributed by atoms with Crippen LogP contribution in [0.2, 0.25) is 0 Å². The molecule has 5 nitrogen and oxygen atoms in total. The van der Waals surface area contributed by atoms with Gasteiger partial charge in [-0.25, -0.2) is 0 Å². The number of carbonyl (C=O) groups excluding carboxylic acids is 2. The molecule has 1 heterocycles. The average Bonchev–Trinajstić information content (AvgIpc) is 3.19. The van der Waals surface area contributed by atoms with Crippen molar-refractivity contribution >= 4 is 11.8 Å². The van der Waals surface area contributed by atoms with Gasteiger partial charge >= 0.3 is 6.18 Å². The second-order valence-electron chi connectivity index (χ2n) is 9.31. The van der Waals surface area contributed by atoms with Crippen LogP contribution in [-0.2, 0) is 15.7 Å². The quantitative estimate of drug-likeness (QED) is 0.652. The summed E-state index contributed by atoms with van der Waals surface area (Å²) in [4.78, 5) is 28.3. The zero-order valence-corrected chi connectivity index (χ0v) is 19.3. The Balaban J connectivity index is 1.67. The lowest BCUT2D eigenvalue weighted by Gasteiger charge is -2.43. The van der Waals surface area contributed by atoms with Crippen LogP contribution in [-0.4, -0.2) is 35.1 Å². The molecule has 1 saturated carbocycles. The Hall–Kier alpha value is -2.87. The molecule has 1 N–H and O–H groups in total. The predicted octanol–water partition coefficient (Wildman–Crippen LogP) is 5.33. The lowest BCUT2D eigenvalue weighted by Crippen LogP contribution is -2.57. The van der Waals surface area contributed by atoms with E-state index >= 15 is 0 Å². The molecular formula is C26H29F3N2O3. The largest absolute Gasteiger partial charge is 0.417 e. The Kier molecular flexibility index (Phi) is 6.71. The zero-order valence-electron chi connectivity index (χ0n) is 19.3. The smallest absolute Gasteiger partial charge is 0.353 e. The number of nitrogens with one attached hydrogen (secondary N) is 1. The van der Waals surface area contributed by atoms with Gasteiger partial charge in [0.1, 0.15) is 11.8 Å². The fourth-order valence-corrected chi connectivity index (χ4v) is 4.96. The lowest BCUT2D eigenvalue weighted by atomic mass is 9.83. The standard InChI is InChI=1S/C26H29F3N2O3/c1-17-12-14-25(15-13-17)31(24(33)20-10-6-7-11-21(20)26(27,28)29)22(16-34-25)23(32)30-18(2)19-8-4-3-5-9-19/h3-11,17-18,22H,12-16H2,1-2H3,(H,30,32). The molecule has 1 spiro atoms. The Morgan fingerprint density at radius 1 is 1.06 bits per heavy atom. The van der Waals surface area contributed by atoms with E-state index in [1.54, 1.807) is 0 Å². The van der Waals surface area contributed by atoms with E-state index in [1.807, 2.05) is 37.3 Å². The normalized spacial score (nSPS) is 25.9. The van der Waals surface area contributed by atoms with Crippen molar-refractivity contribution in [3.05, 3.63) is 71.3 Å². The maximum atomic E-state index is 13.7. The number of alkyl halides is 3. The number of carbonyl (C=O) groups is 2. The minimum absolute atomic E-state index is 0.0539. The van der Waals surface area contributed by atoms with Crippen molar-refractivity contribution in [3.63, 3.8) is 0 Å². The van der Waals surface area contributed by atoms with Crippen LogP contribution >= 0.6 is 0 Å². The molecule has 2 atom stereocenters. The molecule has 1 aliphatic heterocycles. The summed E-state index contributed by atoms with van der Waals surface area (Å²) in [5.41, 5.74) is -1.67. The van der Waals surface area contributed by atoms with E-state index in [4.69, 9.17) is 4.74 Å². The van der Waals surface area contributed by atoms with Gasteiger partial charge in [-0.1, -0.05) is 49.4 Å². The van der Waals surface area contributed by atoms with Crippen molar-refractivity contribution in [2.24, 2.45) is 5.92 Å². The van der Waals surface area contributed by atoms with Crippen LogP contribution in [0.4, 0.5) is 13.2 Å². The van der Waals surface area contributed by atoms with Crippen LogP contribution in [0.1, 0.15) is 67.1 Å². The maximum Gasteiger partial charge on any atom is 0.417 e. The number of rotatable bonds is 4. The van der Waals surface area contributed by atoms with Gasteiger partial charge in [-0.15, -0.1) is 0 Å². The summed E-state index contributed by atoms with van der Waals surface area (Å²) in [6.45, 7) is 3.87. The number of halogens is 3. The van der Waals surface area contributed by atoms with Crippen molar-refractivity contribution in [3.8, 4) is 0 Å². The van der Waals surface area contributed by atoms with Gasteiger partial charge in [0.25, 0.3) is 5.91 Å². The van der Waals surface area contributed by atoms with Crippen LogP contribution in [0.15, 0.2) is 54.6 Å². The summed E-state index contributed by atoms with van der Waals surface area (Å²) in [7, 11) is 0. The van der Waals surface area contributed by atoms with Gasteiger partial charge in [0.05, 0.1) is 23.8 Å². The SMILES string of the molecule is CC1CCC2(CC1)OCC(C(=O)NC(C)c1ccccc1)N2C(=O)c1ccccc1C(F)(F)F. The molecule has 2 aromatic carbocycles. The zero-order chi connectivity index (χ0) is 24.5. The number of hydrogen-bond donors (Lipinski definition) is 1. The molecule has 1 saturated heterocycles. The van der Waals surface area contributed by atoms with Crippen LogP contribution in [0.3, 0.4) is 0 Å². The third-order valence-electron chi connectivity index (χ3n) is 6.96. The molecule has 8 heteroatoms. The fourth-order valence-electron chi connectivity index (χ4n) is 4.96. The molecule has 0 bridgehead atoms. The number of amides is 2. The molecule has 182 valence electrons. The third kappa shape index (κ3) is 4.69. The van der Waals surface area contributed by atoms with E-state index in [9.17, 15) is 22.8 Å². The molecular weight excluding hydrogens is 445 g/mol. The molecule has 2 amide bonds. The average molecular weight is 475 g/mol. The highest BCUT2D eigenvalue weighted by atomic mass is 19.4. The van der Waals surface area contributed by atoms with Crippen molar-refractivity contribution in [2.45, 2.75) is 63.5 Å². The van der Waals surface area contributed by atoms with Gasteiger partial charge in [0, 0.05) is 0 Å². The lowest BCUT2D eigenvalue weighted by molar-refractivity contribution is -0.138. The van der Waals surface area contributed by atoms with Gasteiger partial charge in [-0.2, -0.15) is 13.2 Å². The molecule has 2 aromatic rings. The summed E-state index contributed by atoms with van der Waals surface area (Å²) >= 11 is 0. The van der Waals surface area contributed by atoms with E-state index in [-0.39, 0.29) is 12.6 Å². The van der Waals surface area contributed by atoms with Gasteiger partial charge in [0.15, 0.2) is 0 Å². The Morgan fingerprint density at radius 3 is 2.32 bits per heavy atom. The third-order valence-corrected chi connectivity index (χ3v) is 6.96. The molecule has 2 unspecified atom stereocenters. The highest BCUT2D eigenvalue weighted by Gasteiger charge is 2.54. The van der Waals surface area contributed by atoms with Gasteiger partial charge in [-0.3, -0.25) is 14.5 Å². The van der Waals surface area contributed by atoms with E-state index in [0.29, 0.717) is 18.8 Å². The summed E-state index contributed by atoms with van der Waals surface area (Å²) in [5, 5.41) is 2.92. The van der Waals surface area contributed by atoms with Crippen LogP contribution in [0.5, 0.6) is 0 Å².